The third-order valence-electron chi connectivity index (χ3n) is 10.8. The number of carbonyl (C=O) groups excluding carboxylic acids is 2. The number of hydrogen-bond donors (Lipinski definition) is 2. The van der Waals surface area contributed by atoms with Crippen molar-refractivity contribution < 1.29 is 38.4 Å². The number of benzene rings is 4. The monoisotopic (exact) mass is 789 g/mol. The van der Waals surface area contributed by atoms with Gasteiger partial charge in [0, 0.05) is 24.9 Å². The average Bonchev–Trinajstić information content (AvgIpc) is 3.69. The van der Waals surface area contributed by atoms with Gasteiger partial charge in [0.05, 0.1) is 32.0 Å². The summed E-state index contributed by atoms with van der Waals surface area (Å²) in [7, 11) is 3.21. The molecule has 1 unspecified atom stereocenters. The molecule has 3 heterocycles. The number of fused-ring (bicyclic) bond motifs is 1. The number of aryl methyl sites for hydroxylation is 1. The second-order valence-electron chi connectivity index (χ2n) is 14.4. The summed E-state index contributed by atoms with van der Waals surface area (Å²) in [6.45, 7) is 2.06. The number of aliphatic hydroxyl groups excluding tert-OH is 1. The van der Waals surface area contributed by atoms with Gasteiger partial charge < -0.3 is 28.8 Å². The summed E-state index contributed by atoms with van der Waals surface area (Å²) in [5, 5.41) is 11.8. The number of methoxy groups -OCH3 is 2. The normalized spacial score (nSPS) is 19.1. The fraction of sp³-hybridized carbons (Fsp3) is 0.333. The number of rotatable bonds is 17. The largest absolute Gasteiger partial charge is 0.497 e. The molecule has 1 saturated heterocycles. The van der Waals surface area contributed by atoms with Crippen LogP contribution in [-0.4, -0.2) is 83.7 Å². The standard InChI is InChI=1S/C45H47N3O10/c1-29-27-48(44(53)46-40(29)50)43-38(49)39(56-26-12-5-4-11-25-47-41(51)35-15-9-10-16-36(35)42(47)52)37(58-43)28-57-45(30-13-7-6-8-14-30,31-17-21-33(54-2)22-18-31)32-19-23-34(55-3)24-20-32/h6-10,13-24,27,37-39,43,49H,4-5,11-12,25-26,28H2,1-3H3,(H,46,50,53)/t37-,38?,39+,43-/m1/s1. The van der Waals surface area contributed by atoms with Gasteiger partial charge in [-0.3, -0.25) is 28.8 Å². The van der Waals surface area contributed by atoms with Gasteiger partial charge in [-0.15, -0.1) is 0 Å². The zero-order chi connectivity index (χ0) is 40.8. The number of imide groups is 1. The molecule has 7 rings (SSSR count). The first-order valence-electron chi connectivity index (χ1n) is 19.4. The van der Waals surface area contributed by atoms with Crippen molar-refractivity contribution >= 4 is 11.8 Å². The maximum atomic E-state index is 13.1. The second-order valence-corrected chi connectivity index (χ2v) is 14.4. The first-order valence-corrected chi connectivity index (χ1v) is 19.4. The SMILES string of the molecule is COc1ccc(C(OC[C@H]2O[C@@H](n3cc(C)c(=O)[nH]c3=O)C(O)[C@H]2OCCCCCCN2C(=O)c3ccccc3C2=O)(c2ccccc2)c2ccc(OC)cc2)cc1. The van der Waals surface area contributed by atoms with Crippen molar-refractivity contribution in [3.63, 3.8) is 0 Å². The van der Waals surface area contributed by atoms with E-state index in [0.717, 1.165) is 29.5 Å². The van der Waals surface area contributed by atoms with Gasteiger partial charge in [0.25, 0.3) is 17.4 Å². The molecule has 2 N–H and O–H groups in total. The Morgan fingerprint density at radius 2 is 1.28 bits per heavy atom. The van der Waals surface area contributed by atoms with Crippen molar-refractivity contribution in [3.05, 3.63) is 164 Å². The van der Waals surface area contributed by atoms with E-state index >= 15 is 0 Å². The minimum atomic E-state index is -1.31. The van der Waals surface area contributed by atoms with Gasteiger partial charge in [0.1, 0.15) is 35.4 Å². The molecule has 2 amide bonds. The van der Waals surface area contributed by atoms with E-state index in [0.29, 0.717) is 42.0 Å². The summed E-state index contributed by atoms with van der Waals surface area (Å²) in [6.07, 6.45) is -0.193. The highest BCUT2D eigenvalue weighted by Gasteiger charge is 2.48. The molecular formula is C45H47N3O10. The van der Waals surface area contributed by atoms with Crippen LogP contribution in [0.25, 0.3) is 0 Å². The van der Waals surface area contributed by atoms with Crippen LogP contribution in [0.1, 0.15) is 74.9 Å². The van der Waals surface area contributed by atoms with Crippen LogP contribution in [0, 0.1) is 6.92 Å². The Hall–Kier alpha value is -5.86. The lowest BCUT2D eigenvalue weighted by Crippen LogP contribution is -2.41. The lowest BCUT2D eigenvalue weighted by molar-refractivity contribution is -0.104. The number of carbonyl (C=O) groups is 2. The number of ether oxygens (including phenoxy) is 5. The van der Waals surface area contributed by atoms with Crippen LogP contribution >= 0.6 is 0 Å². The number of nitrogens with zero attached hydrogens (tertiary/aromatic N) is 2. The summed E-state index contributed by atoms with van der Waals surface area (Å²) in [4.78, 5) is 54.4. The summed E-state index contributed by atoms with van der Waals surface area (Å²) < 4.78 is 32.1. The summed E-state index contributed by atoms with van der Waals surface area (Å²) >= 11 is 0. The lowest BCUT2D eigenvalue weighted by atomic mass is 9.80. The van der Waals surface area contributed by atoms with Crippen LogP contribution < -0.4 is 20.7 Å². The van der Waals surface area contributed by atoms with E-state index in [4.69, 9.17) is 23.7 Å². The molecule has 5 aromatic rings. The predicted octanol–water partition coefficient (Wildman–Crippen LogP) is 5.37. The van der Waals surface area contributed by atoms with Gasteiger partial charge in [-0.1, -0.05) is 79.6 Å². The number of amides is 2. The molecule has 13 nitrogen and oxygen atoms in total. The molecule has 0 spiro atoms. The smallest absolute Gasteiger partial charge is 0.330 e. The molecule has 302 valence electrons. The molecule has 1 aromatic heterocycles. The molecule has 0 radical (unpaired) electrons. The molecule has 58 heavy (non-hydrogen) atoms. The molecule has 0 aliphatic carbocycles. The van der Waals surface area contributed by atoms with Crippen LogP contribution in [0.3, 0.4) is 0 Å². The van der Waals surface area contributed by atoms with Crippen molar-refractivity contribution in [3.8, 4) is 11.5 Å². The third kappa shape index (κ3) is 7.98. The Bertz CT molecular complexity index is 2240. The zero-order valence-electron chi connectivity index (χ0n) is 32.7. The molecule has 2 aliphatic rings. The van der Waals surface area contributed by atoms with Gasteiger partial charge in [-0.05, 0) is 72.9 Å². The van der Waals surface area contributed by atoms with Gasteiger partial charge in [0.15, 0.2) is 6.23 Å². The number of nitrogens with one attached hydrogen (secondary N) is 1. The van der Waals surface area contributed by atoms with Crippen molar-refractivity contribution in [2.24, 2.45) is 0 Å². The average molecular weight is 790 g/mol. The Morgan fingerprint density at radius 3 is 1.86 bits per heavy atom. The number of aromatic amines is 1. The van der Waals surface area contributed by atoms with Crippen LogP contribution in [-0.2, 0) is 19.8 Å². The topological polar surface area (TPSA) is 159 Å². The van der Waals surface area contributed by atoms with Gasteiger partial charge >= 0.3 is 5.69 Å². The summed E-state index contributed by atoms with van der Waals surface area (Å²) in [5.74, 6) is 0.802. The molecule has 4 atom stereocenters. The number of unbranched alkanes of at least 4 members (excludes halogenated alkanes) is 3. The fourth-order valence-electron chi connectivity index (χ4n) is 7.73. The van der Waals surface area contributed by atoms with Gasteiger partial charge in [-0.2, -0.15) is 0 Å². The lowest BCUT2D eigenvalue weighted by Gasteiger charge is -2.37. The highest BCUT2D eigenvalue weighted by atomic mass is 16.6. The minimum Gasteiger partial charge on any atom is -0.497 e. The van der Waals surface area contributed by atoms with E-state index < -0.39 is 41.4 Å². The number of hydrogen-bond acceptors (Lipinski definition) is 10. The third-order valence-corrected chi connectivity index (χ3v) is 10.8. The minimum absolute atomic E-state index is 0.0808. The predicted molar refractivity (Wildman–Crippen MR) is 214 cm³/mol. The molecule has 0 saturated carbocycles. The highest BCUT2D eigenvalue weighted by molar-refractivity contribution is 6.21. The van der Waals surface area contributed by atoms with Crippen molar-refractivity contribution in [2.75, 3.05) is 34.0 Å². The quantitative estimate of drug-likeness (QED) is 0.0713. The first-order chi connectivity index (χ1) is 28.2. The first kappa shape index (κ1) is 40.3. The molecule has 1 fully saturated rings. The van der Waals surface area contributed by atoms with E-state index in [2.05, 4.69) is 4.98 Å². The Balaban J connectivity index is 1.11. The molecule has 2 aliphatic heterocycles. The number of aromatic nitrogens is 2. The Kier molecular flexibility index (Phi) is 12.3. The maximum Gasteiger partial charge on any atom is 0.330 e. The number of H-pyrrole nitrogens is 1. The fourth-order valence-corrected chi connectivity index (χ4v) is 7.73. The van der Waals surface area contributed by atoms with Crippen LogP contribution in [0.15, 0.2) is 119 Å². The van der Waals surface area contributed by atoms with Crippen molar-refractivity contribution in [2.45, 2.75) is 62.7 Å². The Labute approximate surface area is 335 Å². The summed E-state index contributed by atoms with van der Waals surface area (Å²) in [6, 6.07) is 31.8. The van der Waals surface area contributed by atoms with E-state index in [1.54, 1.807) is 45.4 Å². The molecule has 4 aromatic carbocycles. The van der Waals surface area contributed by atoms with Crippen LogP contribution in [0.5, 0.6) is 11.5 Å². The Morgan fingerprint density at radius 1 is 0.724 bits per heavy atom. The van der Waals surface area contributed by atoms with Crippen molar-refractivity contribution in [1.29, 1.82) is 0 Å². The van der Waals surface area contributed by atoms with E-state index in [9.17, 15) is 24.3 Å². The van der Waals surface area contributed by atoms with Gasteiger partial charge in [0.2, 0.25) is 0 Å². The highest BCUT2D eigenvalue weighted by Crippen LogP contribution is 2.43. The van der Waals surface area contributed by atoms with Crippen molar-refractivity contribution in [1.82, 2.24) is 14.5 Å². The van der Waals surface area contributed by atoms with E-state index in [-0.39, 0.29) is 30.6 Å². The molecule has 0 bridgehead atoms. The summed E-state index contributed by atoms with van der Waals surface area (Å²) in [5.41, 5.74) is 1.11. The second kappa shape index (κ2) is 17.7. The van der Waals surface area contributed by atoms with E-state index in [1.807, 2.05) is 78.9 Å². The van der Waals surface area contributed by atoms with E-state index in [1.165, 1.54) is 15.7 Å². The molecule has 13 heteroatoms. The van der Waals surface area contributed by atoms with Crippen LogP contribution in [0.2, 0.25) is 0 Å². The number of aliphatic hydroxyl groups is 1. The maximum absolute atomic E-state index is 13.1. The van der Waals surface area contributed by atoms with Gasteiger partial charge in [-0.25, -0.2) is 4.79 Å². The van der Waals surface area contributed by atoms with Crippen LogP contribution in [0.4, 0.5) is 0 Å². The zero-order valence-corrected chi connectivity index (χ0v) is 32.7. The molecular weight excluding hydrogens is 743 g/mol.